The number of rotatable bonds is 8. The number of aliphatic hydroxyl groups excluding tert-OH is 1. The molecule has 0 aromatic rings. The van der Waals surface area contributed by atoms with E-state index >= 15 is 0 Å². The Morgan fingerprint density at radius 2 is 1.28 bits per heavy atom. The average molecular weight is 537 g/mol. The van der Waals surface area contributed by atoms with Crippen LogP contribution in [0.15, 0.2) is 0 Å². The molecule has 0 saturated heterocycles. The summed E-state index contributed by atoms with van der Waals surface area (Å²) in [5, 5.41) is 12.3. The van der Waals surface area contributed by atoms with Gasteiger partial charge < -0.3 is 14.0 Å². The van der Waals surface area contributed by atoms with Gasteiger partial charge in [0, 0.05) is 12.2 Å². The summed E-state index contributed by atoms with van der Waals surface area (Å²) in [5.41, 5.74) is 0.602. The van der Waals surface area contributed by atoms with Gasteiger partial charge in [-0.25, -0.2) is 0 Å². The van der Waals surface area contributed by atoms with Gasteiger partial charge in [0.1, 0.15) is 0 Å². The van der Waals surface area contributed by atoms with Crippen LogP contribution in [-0.2, 0) is 8.85 Å². The van der Waals surface area contributed by atoms with E-state index in [0.29, 0.717) is 51.4 Å². The minimum atomic E-state index is -0.584. The van der Waals surface area contributed by atoms with E-state index in [1.807, 2.05) is 0 Å². The minimum absolute atomic E-state index is 0.154. The van der Waals surface area contributed by atoms with Gasteiger partial charge in [-0.15, -0.1) is 0 Å². The maximum atomic E-state index is 11.6. The van der Waals surface area contributed by atoms with Crippen molar-refractivity contribution in [1.82, 2.24) is 0 Å². The van der Waals surface area contributed by atoms with E-state index < -0.39 is 19.5 Å². The maximum absolute atomic E-state index is 11.6. The van der Waals surface area contributed by atoms with Crippen molar-refractivity contribution in [3.8, 4) is 0 Å². The molecule has 4 aliphatic carbocycles. The number of fused-ring (bicyclic) bond motifs is 5. The van der Waals surface area contributed by atoms with Gasteiger partial charge in [0.05, 0.1) is 6.10 Å². The van der Waals surface area contributed by atoms with Crippen molar-refractivity contribution in [1.29, 1.82) is 0 Å². The first kappa shape index (κ1) is 29.3. The monoisotopic (exact) mass is 536 g/mol. The van der Waals surface area contributed by atoms with E-state index in [-0.39, 0.29) is 11.5 Å². The third kappa shape index (κ3) is 5.23. The zero-order chi connectivity index (χ0) is 26.7. The van der Waals surface area contributed by atoms with Crippen LogP contribution in [0.3, 0.4) is 0 Å². The van der Waals surface area contributed by atoms with Crippen molar-refractivity contribution >= 4 is 19.5 Å². The Hall–Kier alpha value is 0.314. The molecule has 9 atom stereocenters. The third-order valence-corrected chi connectivity index (χ3v) is 17.3. The molecule has 0 amide bonds. The van der Waals surface area contributed by atoms with Crippen LogP contribution in [0.5, 0.6) is 0 Å². The lowest BCUT2D eigenvalue weighted by Gasteiger charge is -2.62. The van der Waals surface area contributed by atoms with Crippen molar-refractivity contribution in [3.05, 3.63) is 0 Å². The molecule has 4 aliphatic rings. The lowest BCUT2D eigenvalue weighted by molar-refractivity contribution is -0.171. The normalized spacial score (nSPS) is 44.1. The molecule has 0 aromatic carbocycles. The molecule has 0 heterocycles. The van der Waals surface area contributed by atoms with E-state index in [1.165, 1.54) is 38.5 Å². The molecule has 36 heavy (non-hydrogen) atoms. The molecule has 0 radical (unpaired) electrons. The van der Waals surface area contributed by atoms with E-state index in [9.17, 15) is 5.11 Å². The Kier molecular flexibility index (Phi) is 8.44. The van der Waals surface area contributed by atoms with Crippen molar-refractivity contribution in [2.75, 3.05) is 0 Å². The zero-order valence-corrected chi connectivity index (χ0v) is 28.4. The van der Waals surface area contributed by atoms with Gasteiger partial charge in [0.2, 0.25) is 0 Å². The van der Waals surface area contributed by atoms with Crippen LogP contribution in [0.1, 0.15) is 121 Å². The first-order valence-electron chi connectivity index (χ1n) is 15.5. The standard InChI is InChI=1S/C31H60O3Si2/c1-19(2)28(5,6)35-33-21-13-15-30(9)24-14-16-31(10)23(22(24)18-26(32)25(30)17-21)11-12-27(31)34-36-29(7,8)20(3)4/h19-27,32H,11-18,35-36H2,1-10H3/t21?,22-,23-,24+,25?,26?,27?,30+,31-/m0/s1. The summed E-state index contributed by atoms with van der Waals surface area (Å²) in [5.74, 6) is 3.98. The Balaban J connectivity index is 1.43. The zero-order valence-electron chi connectivity index (χ0n) is 25.5. The van der Waals surface area contributed by atoms with Gasteiger partial charge in [0.25, 0.3) is 0 Å². The van der Waals surface area contributed by atoms with E-state index in [1.54, 1.807) is 0 Å². The van der Waals surface area contributed by atoms with Crippen LogP contribution < -0.4 is 0 Å². The first-order valence-corrected chi connectivity index (χ1v) is 18.1. The van der Waals surface area contributed by atoms with Gasteiger partial charge in [-0.05, 0) is 108 Å². The highest BCUT2D eigenvalue weighted by Crippen LogP contribution is 2.66. The Morgan fingerprint density at radius 1 is 0.722 bits per heavy atom. The van der Waals surface area contributed by atoms with Crippen LogP contribution in [-0.4, -0.2) is 42.9 Å². The highest BCUT2D eigenvalue weighted by molar-refractivity contribution is 6.32. The summed E-state index contributed by atoms with van der Waals surface area (Å²) in [6.07, 6.45) is 10.5. The summed E-state index contributed by atoms with van der Waals surface area (Å²) in [6, 6.07) is 0. The van der Waals surface area contributed by atoms with Crippen molar-refractivity contribution in [2.45, 2.75) is 149 Å². The highest BCUT2D eigenvalue weighted by Gasteiger charge is 2.62. The second-order valence-electron chi connectivity index (χ2n) is 16.2. The smallest absolute Gasteiger partial charge is 0.167 e. The fraction of sp³-hybridized carbons (Fsp3) is 1.00. The number of hydrogen-bond acceptors (Lipinski definition) is 3. The molecule has 0 aromatic heterocycles. The molecule has 4 unspecified atom stereocenters. The molecule has 4 saturated carbocycles. The molecule has 0 bridgehead atoms. The van der Waals surface area contributed by atoms with Gasteiger partial charge in [-0.1, -0.05) is 69.2 Å². The Labute approximate surface area is 228 Å². The second kappa shape index (κ2) is 10.4. The summed E-state index contributed by atoms with van der Waals surface area (Å²) in [7, 11) is -1.16. The van der Waals surface area contributed by atoms with Crippen molar-refractivity contribution in [3.63, 3.8) is 0 Å². The molecule has 0 aliphatic heterocycles. The van der Waals surface area contributed by atoms with Crippen molar-refractivity contribution < 1.29 is 14.0 Å². The van der Waals surface area contributed by atoms with E-state index in [2.05, 4.69) is 69.2 Å². The van der Waals surface area contributed by atoms with Gasteiger partial charge >= 0.3 is 0 Å². The molecular weight excluding hydrogens is 477 g/mol. The first-order chi connectivity index (χ1) is 16.6. The second-order valence-corrected chi connectivity index (χ2v) is 21.1. The largest absolute Gasteiger partial charge is 0.421 e. The fourth-order valence-electron chi connectivity index (χ4n) is 8.62. The van der Waals surface area contributed by atoms with Gasteiger partial charge in [0.15, 0.2) is 19.5 Å². The molecule has 1 N–H and O–H groups in total. The minimum Gasteiger partial charge on any atom is -0.421 e. The SMILES string of the molecule is CC(C)C(C)(C)[SiH2]OC1CC[C@@]2(C)C(C1)C(O)C[C@@H]1[C@H]2CC[C@]2(C)C(O[SiH2]C(C)(C)C(C)C)CC[C@@H]12. The summed E-state index contributed by atoms with van der Waals surface area (Å²) >= 11 is 0. The van der Waals surface area contributed by atoms with Crippen LogP contribution in [0.25, 0.3) is 0 Å². The van der Waals surface area contributed by atoms with Crippen LogP contribution in [0.4, 0.5) is 0 Å². The lowest BCUT2D eigenvalue weighted by atomic mass is 9.44. The van der Waals surface area contributed by atoms with Crippen LogP contribution in [0.2, 0.25) is 10.1 Å². The molecule has 4 fully saturated rings. The topological polar surface area (TPSA) is 38.7 Å². The van der Waals surface area contributed by atoms with Crippen LogP contribution >= 0.6 is 0 Å². The van der Waals surface area contributed by atoms with Crippen LogP contribution in [0, 0.1) is 46.3 Å². The predicted molar refractivity (Wildman–Crippen MR) is 158 cm³/mol. The molecular formula is C31H60O3Si2. The molecule has 3 nitrogen and oxygen atoms in total. The maximum Gasteiger partial charge on any atom is 0.167 e. The Morgan fingerprint density at radius 3 is 1.89 bits per heavy atom. The summed E-state index contributed by atoms with van der Waals surface area (Å²) in [4.78, 5) is 0. The summed E-state index contributed by atoms with van der Waals surface area (Å²) in [6.45, 7) is 24.1. The number of aliphatic hydroxyl groups is 1. The van der Waals surface area contributed by atoms with Gasteiger partial charge in [-0.3, -0.25) is 0 Å². The van der Waals surface area contributed by atoms with Crippen molar-refractivity contribution in [2.24, 2.45) is 46.3 Å². The van der Waals surface area contributed by atoms with E-state index in [4.69, 9.17) is 8.85 Å². The molecule has 210 valence electrons. The predicted octanol–water partition coefficient (Wildman–Crippen LogP) is 6.65. The number of hydrogen-bond donors (Lipinski definition) is 1. The molecule has 0 spiro atoms. The fourth-order valence-corrected chi connectivity index (χ4v) is 11.4. The Bertz CT molecular complexity index is 767. The third-order valence-electron chi connectivity index (χ3n) is 13.0. The summed E-state index contributed by atoms with van der Waals surface area (Å²) < 4.78 is 13.6. The highest BCUT2D eigenvalue weighted by atomic mass is 28.2. The average Bonchev–Trinajstić information content (AvgIpc) is 3.13. The van der Waals surface area contributed by atoms with E-state index in [0.717, 1.165) is 24.7 Å². The lowest BCUT2D eigenvalue weighted by Crippen LogP contribution is -2.59. The molecule has 4 rings (SSSR count). The molecule has 5 heteroatoms. The van der Waals surface area contributed by atoms with Gasteiger partial charge in [-0.2, -0.15) is 0 Å². The quantitative estimate of drug-likeness (QED) is 0.353.